The average molecular weight is 256 g/mol. The summed E-state index contributed by atoms with van der Waals surface area (Å²) in [4.78, 5) is 4.20. The lowest BCUT2D eigenvalue weighted by Crippen LogP contribution is -2.13. The van der Waals surface area contributed by atoms with Crippen molar-refractivity contribution in [2.24, 2.45) is 5.73 Å². The molecule has 0 saturated heterocycles. The summed E-state index contributed by atoms with van der Waals surface area (Å²) in [7, 11) is 0. The molecule has 1 aromatic heterocycles. The Hall–Kier alpha value is -1.87. The number of hydrogen-bond acceptors (Lipinski definition) is 3. The summed E-state index contributed by atoms with van der Waals surface area (Å²) in [6.45, 7) is 2.79. The third-order valence-electron chi connectivity index (χ3n) is 2.93. The molecule has 1 atom stereocenters. The van der Waals surface area contributed by atoms with E-state index in [2.05, 4.69) is 24.0 Å². The second kappa shape index (κ2) is 6.90. The Morgan fingerprint density at radius 2 is 2.00 bits per heavy atom. The molecule has 3 heteroatoms. The molecule has 1 heterocycles. The highest BCUT2D eigenvalue weighted by molar-refractivity contribution is 5.27. The Morgan fingerprint density at radius 1 is 1.21 bits per heavy atom. The summed E-state index contributed by atoms with van der Waals surface area (Å²) in [5.41, 5.74) is 8.47. The second-order valence-corrected chi connectivity index (χ2v) is 4.60. The Bertz CT molecular complexity index is 499. The van der Waals surface area contributed by atoms with Crippen molar-refractivity contribution in [2.75, 3.05) is 6.61 Å². The van der Waals surface area contributed by atoms with E-state index < -0.39 is 0 Å². The lowest BCUT2D eigenvalue weighted by atomic mass is 10.0. The van der Waals surface area contributed by atoms with Gasteiger partial charge in [0.2, 0.25) is 0 Å². The van der Waals surface area contributed by atoms with Crippen molar-refractivity contribution in [1.82, 2.24) is 4.98 Å². The van der Waals surface area contributed by atoms with Crippen molar-refractivity contribution in [2.45, 2.75) is 25.8 Å². The first-order valence-corrected chi connectivity index (χ1v) is 6.67. The minimum atomic E-state index is -0.0555. The van der Waals surface area contributed by atoms with E-state index in [1.165, 1.54) is 5.56 Å². The predicted molar refractivity (Wildman–Crippen MR) is 77.1 cm³/mol. The van der Waals surface area contributed by atoms with E-state index in [-0.39, 0.29) is 6.04 Å². The Labute approximate surface area is 114 Å². The molecule has 3 nitrogen and oxygen atoms in total. The number of benzene rings is 1. The third-order valence-corrected chi connectivity index (χ3v) is 2.93. The van der Waals surface area contributed by atoms with Crippen LogP contribution in [0.25, 0.3) is 0 Å². The van der Waals surface area contributed by atoms with Gasteiger partial charge in [0, 0.05) is 12.2 Å². The molecule has 19 heavy (non-hydrogen) atoms. The highest BCUT2D eigenvalue weighted by atomic mass is 16.5. The molecule has 0 fully saturated rings. The van der Waals surface area contributed by atoms with Crippen LogP contribution in [-0.2, 0) is 6.42 Å². The van der Waals surface area contributed by atoms with Gasteiger partial charge >= 0.3 is 0 Å². The molecule has 0 spiro atoms. The van der Waals surface area contributed by atoms with Crippen molar-refractivity contribution in [1.29, 1.82) is 0 Å². The van der Waals surface area contributed by atoms with Gasteiger partial charge in [-0.25, -0.2) is 0 Å². The minimum Gasteiger partial charge on any atom is -0.492 e. The molecular weight excluding hydrogens is 236 g/mol. The van der Waals surface area contributed by atoms with Crippen LogP contribution in [0.5, 0.6) is 5.75 Å². The molecule has 2 N–H and O–H groups in total. The van der Waals surface area contributed by atoms with E-state index in [0.717, 1.165) is 24.2 Å². The van der Waals surface area contributed by atoms with Crippen LogP contribution in [0.15, 0.2) is 48.8 Å². The third kappa shape index (κ3) is 4.07. The van der Waals surface area contributed by atoms with Crippen molar-refractivity contribution in [3.63, 3.8) is 0 Å². The largest absolute Gasteiger partial charge is 0.492 e. The van der Waals surface area contributed by atoms with Crippen molar-refractivity contribution in [3.8, 4) is 5.75 Å². The van der Waals surface area contributed by atoms with E-state index in [0.29, 0.717) is 6.61 Å². The fourth-order valence-electron chi connectivity index (χ4n) is 1.92. The summed E-state index contributed by atoms with van der Waals surface area (Å²) in [6, 6.07) is 12.2. The van der Waals surface area contributed by atoms with Gasteiger partial charge in [-0.2, -0.15) is 0 Å². The number of hydrogen-bond donors (Lipinski definition) is 1. The molecule has 0 amide bonds. The molecule has 0 radical (unpaired) electrons. The fraction of sp³-hybridized carbons (Fsp3) is 0.312. The number of nitrogens with two attached hydrogens (primary N) is 1. The zero-order valence-corrected chi connectivity index (χ0v) is 11.3. The number of ether oxygens (including phenoxy) is 1. The maximum atomic E-state index is 6.23. The maximum Gasteiger partial charge on any atom is 0.137 e. The standard InChI is InChI=1S/C16H20N2O/c1-2-8-19-15-10-14(11-18-12-15)16(17)9-13-6-4-3-5-7-13/h3-7,10-12,16H,2,8-9,17H2,1H3. The van der Waals surface area contributed by atoms with Crippen LogP contribution in [0.1, 0.15) is 30.5 Å². The molecule has 2 rings (SSSR count). The van der Waals surface area contributed by atoms with Crippen LogP contribution in [-0.4, -0.2) is 11.6 Å². The fourth-order valence-corrected chi connectivity index (χ4v) is 1.92. The van der Waals surface area contributed by atoms with E-state index in [1.54, 1.807) is 6.20 Å². The second-order valence-electron chi connectivity index (χ2n) is 4.60. The topological polar surface area (TPSA) is 48.1 Å². The summed E-state index contributed by atoms with van der Waals surface area (Å²) < 4.78 is 5.58. The SMILES string of the molecule is CCCOc1cncc(C(N)Cc2ccccc2)c1. The molecule has 0 aliphatic rings. The molecular formula is C16H20N2O. The zero-order valence-electron chi connectivity index (χ0n) is 11.3. The van der Waals surface area contributed by atoms with E-state index in [1.807, 2.05) is 30.5 Å². The number of aromatic nitrogens is 1. The smallest absolute Gasteiger partial charge is 0.137 e. The molecule has 1 unspecified atom stereocenters. The van der Waals surface area contributed by atoms with E-state index in [4.69, 9.17) is 10.5 Å². The van der Waals surface area contributed by atoms with Gasteiger partial charge < -0.3 is 10.5 Å². The van der Waals surface area contributed by atoms with Gasteiger partial charge in [-0.15, -0.1) is 0 Å². The van der Waals surface area contributed by atoms with Gasteiger partial charge in [0.1, 0.15) is 5.75 Å². The maximum absolute atomic E-state index is 6.23. The summed E-state index contributed by atoms with van der Waals surface area (Å²) in [5.74, 6) is 0.794. The molecule has 1 aromatic carbocycles. The normalized spacial score (nSPS) is 12.1. The highest BCUT2D eigenvalue weighted by Gasteiger charge is 2.08. The van der Waals surface area contributed by atoms with Crippen molar-refractivity contribution in [3.05, 3.63) is 59.9 Å². The van der Waals surface area contributed by atoms with E-state index >= 15 is 0 Å². The van der Waals surface area contributed by atoms with Gasteiger partial charge in [-0.3, -0.25) is 4.98 Å². The summed E-state index contributed by atoms with van der Waals surface area (Å²) in [6.07, 6.45) is 5.33. The lowest BCUT2D eigenvalue weighted by Gasteiger charge is -2.13. The summed E-state index contributed by atoms with van der Waals surface area (Å²) >= 11 is 0. The quantitative estimate of drug-likeness (QED) is 0.864. The first-order chi connectivity index (χ1) is 9.29. The van der Waals surface area contributed by atoms with Crippen LogP contribution in [0, 0.1) is 0 Å². The van der Waals surface area contributed by atoms with Crippen molar-refractivity contribution < 1.29 is 4.74 Å². The van der Waals surface area contributed by atoms with Crippen LogP contribution in [0.4, 0.5) is 0 Å². The Kier molecular flexibility index (Phi) is 4.93. The van der Waals surface area contributed by atoms with E-state index in [9.17, 15) is 0 Å². The Morgan fingerprint density at radius 3 is 2.74 bits per heavy atom. The zero-order chi connectivity index (χ0) is 13.5. The van der Waals surface area contributed by atoms with Gasteiger partial charge in [0.05, 0.1) is 12.8 Å². The molecule has 0 aliphatic heterocycles. The van der Waals surface area contributed by atoms with Crippen LogP contribution < -0.4 is 10.5 Å². The van der Waals surface area contributed by atoms with Gasteiger partial charge in [0.15, 0.2) is 0 Å². The predicted octanol–water partition coefficient (Wildman–Crippen LogP) is 3.11. The molecule has 0 saturated carbocycles. The summed E-state index contributed by atoms with van der Waals surface area (Å²) in [5, 5.41) is 0. The number of pyridine rings is 1. The highest BCUT2D eigenvalue weighted by Crippen LogP contribution is 2.19. The number of nitrogens with zero attached hydrogens (tertiary/aromatic N) is 1. The molecule has 100 valence electrons. The first-order valence-electron chi connectivity index (χ1n) is 6.67. The monoisotopic (exact) mass is 256 g/mol. The molecule has 0 aliphatic carbocycles. The van der Waals surface area contributed by atoms with Crippen LogP contribution >= 0.6 is 0 Å². The molecule has 2 aromatic rings. The first kappa shape index (κ1) is 13.6. The van der Waals surface area contributed by atoms with Gasteiger partial charge in [0.25, 0.3) is 0 Å². The van der Waals surface area contributed by atoms with Crippen molar-refractivity contribution >= 4 is 0 Å². The van der Waals surface area contributed by atoms with Gasteiger partial charge in [-0.05, 0) is 30.0 Å². The average Bonchev–Trinajstić information content (AvgIpc) is 2.46. The van der Waals surface area contributed by atoms with Gasteiger partial charge in [-0.1, -0.05) is 37.3 Å². The van der Waals surface area contributed by atoms with Crippen LogP contribution in [0.2, 0.25) is 0 Å². The Balaban J connectivity index is 2.04. The minimum absolute atomic E-state index is 0.0555. The van der Waals surface area contributed by atoms with Crippen LogP contribution in [0.3, 0.4) is 0 Å². The lowest BCUT2D eigenvalue weighted by molar-refractivity contribution is 0.315. The molecule has 0 bridgehead atoms. The number of rotatable bonds is 6.